The van der Waals surface area contributed by atoms with Gasteiger partial charge < -0.3 is 4.74 Å². The second-order valence-electron chi connectivity index (χ2n) is 6.77. The highest BCUT2D eigenvalue weighted by Crippen LogP contribution is 2.31. The summed E-state index contributed by atoms with van der Waals surface area (Å²) in [4.78, 5) is 12.2. The van der Waals surface area contributed by atoms with E-state index >= 15 is 0 Å². The SMILES string of the molecule is CC1CCC(C(=O)Oc2ccc(-c3cc(F)c(F)c(F)c3)c(F)c2)CC1.[HH]. The molecule has 3 rings (SSSR count). The van der Waals surface area contributed by atoms with Crippen molar-refractivity contribution in [2.24, 2.45) is 11.8 Å². The first-order valence-electron chi connectivity index (χ1n) is 8.51. The fraction of sp³-hybridized carbons (Fsp3) is 0.350. The highest BCUT2D eigenvalue weighted by Gasteiger charge is 2.26. The third-order valence-corrected chi connectivity index (χ3v) is 4.80. The van der Waals surface area contributed by atoms with E-state index in [4.69, 9.17) is 4.74 Å². The largest absolute Gasteiger partial charge is 0.426 e. The Morgan fingerprint density at radius 2 is 1.58 bits per heavy atom. The van der Waals surface area contributed by atoms with Gasteiger partial charge in [-0.05, 0) is 61.4 Å². The summed E-state index contributed by atoms with van der Waals surface area (Å²) in [5.74, 6) is -5.22. The maximum Gasteiger partial charge on any atom is 0.314 e. The zero-order valence-corrected chi connectivity index (χ0v) is 14.2. The van der Waals surface area contributed by atoms with Crippen LogP contribution >= 0.6 is 0 Å². The molecule has 1 aliphatic carbocycles. The molecule has 0 saturated heterocycles. The highest BCUT2D eigenvalue weighted by atomic mass is 19.2. The summed E-state index contributed by atoms with van der Waals surface area (Å²) in [6.07, 6.45) is 3.40. The third kappa shape index (κ3) is 3.89. The van der Waals surface area contributed by atoms with E-state index in [0.29, 0.717) is 18.1 Å². The number of esters is 1. The number of rotatable bonds is 3. The Balaban J connectivity index is 0.00000261. The minimum atomic E-state index is -1.61. The van der Waals surface area contributed by atoms with Crippen LogP contribution in [0.4, 0.5) is 17.6 Å². The summed E-state index contributed by atoms with van der Waals surface area (Å²) in [7, 11) is 0. The van der Waals surface area contributed by atoms with Gasteiger partial charge in [-0.2, -0.15) is 0 Å². The van der Waals surface area contributed by atoms with Crippen LogP contribution in [0, 0.1) is 35.1 Å². The Hall–Kier alpha value is -2.37. The van der Waals surface area contributed by atoms with E-state index in [0.717, 1.165) is 31.7 Å². The van der Waals surface area contributed by atoms with Gasteiger partial charge in [0, 0.05) is 13.1 Å². The van der Waals surface area contributed by atoms with Crippen molar-refractivity contribution < 1.29 is 28.5 Å². The van der Waals surface area contributed by atoms with Crippen molar-refractivity contribution in [3.63, 3.8) is 0 Å². The maximum absolute atomic E-state index is 14.3. The first-order valence-corrected chi connectivity index (χ1v) is 8.51. The number of carbonyl (C=O) groups excluding carboxylic acids is 1. The van der Waals surface area contributed by atoms with E-state index in [1.54, 1.807) is 0 Å². The smallest absolute Gasteiger partial charge is 0.314 e. The normalized spacial score (nSPS) is 20.0. The lowest BCUT2D eigenvalue weighted by molar-refractivity contribution is -0.140. The average molecular weight is 368 g/mol. The fourth-order valence-electron chi connectivity index (χ4n) is 3.20. The minimum Gasteiger partial charge on any atom is -0.426 e. The van der Waals surface area contributed by atoms with Crippen molar-refractivity contribution in [3.05, 3.63) is 53.6 Å². The summed E-state index contributed by atoms with van der Waals surface area (Å²) in [5.41, 5.74) is -0.257. The second-order valence-corrected chi connectivity index (χ2v) is 6.77. The van der Waals surface area contributed by atoms with E-state index in [9.17, 15) is 22.4 Å². The van der Waals surface area contributed by atoms with Crippen LogP contribution in [0.25, 0.3) is 11.1 Å². The van der Waals surface area contributed by atoms with Crippen molar-refractivity contribution in [1.29, 1.82) is 0 Å². The molecule has 0 unspecified atom stereocenters. The van der Waals surface area contributed by atoms with E-state index in [-0.39, 0.29) is 24.2 Å². The van der Waals surface area contributed by atoms with Crippen LogP contribution in [0.15, 0.2) is 30.3 Å². The van der Waals surface area contributed by atoms with Gasteiger partial charge in [0.05, 0.1) is 5.92 Å². The number of halogens is 4. The van der Waals surface area contributed by atoms with Crippen molar-refractivity contribution >= 4 is 5.97 Å². The first-order chi connectivity index (χ1) is 12.3. The molecule has 2 aromatic carbocycles. The monoisotopic (exact) mass is 368 g/mol. The zero-order chi connectivity index (χ0) is 18.8. The lowest BCUT2D eigenvalue weighted by Gasteiger charge is -2.24. The van der Waals surface area contributed by atoms with Gasteiger partial charge in [0.1, 0.15) is 11.6 Å². The molecule has 0 amide bonds. The Morgan fingerprint density at radius 1 is 0.962 bits per heavy atom. The lowest BCUT2D eigenvalue weighted by atomic mass is 9.83. The predicted octanol–water partition coefficient (Wildman–Crippen LogP) is 5.89. The van der Waals surface area contributed by atoms with Gasteiger partial charge in [0.15, 0.2) is 17.5 Å². The number of carbonyl (C=O) groups is 1. The number of ether oxygens (including phenoxy) is 1. The second kappa shape index (κ2) is 7.48. The van der Waals surface area contributed by atoms with Crippen LogP contribution in [-0.4, -0.2) is 5.97 Å². The molecule has 0 spiro atoms. The summed E-state index contributed by atoms with van der Waals surface area (Å²) in [5, 5.41) is 0. The van der Waals surface area contributed by atoms with Crippen LogP contribution in [0.5, 0.6) is 5.75 Å². The molecular weight excluding hydrogens is 348 g/mol. The molecule has 0 bridgehead atoms. The molecule has 0 radical (unpaired) electrons. The molecule has 6 heteroatoms. The molecule has 1 fully saturated rings. The van der Waals surface area contributed by atoms with Crippen LogP contribution in [0.3, 0.4) is 0 Å². The van der Waals surface area contributed by atoms with E-state index in [2.05, 4.69) is 6.92 Å². The zero-order valence-electron chi connectivity index (χ0n) is 14.2. The van der Waals surface area contributed by atoms with Crippen molar-refractivity contribution in [1.82, 2.24) is 0 Å². The molecule has 1 saturated carbocycles. The summed E-state index contributed by atoms with van der Waals surface area (Å²) < 4.78 is 59.3. The van der Waals surface area contributed by atoms with Crippen molar-refractivity contribution in [3.8, 4) is 16.9 Å². The standard InChI is InChI=1S/C20H18F4O2.H2/c1-11-2-4-12(5-3-11)20(25)26-14-6-7-15(16(21)10-14)13-8-17(22)19(24)18(23)9-13;/h6-12H,2-5H2,1H3;1H. The van der Waals surface area contributed by atoms with Gasteiger partial charge in [-0.25, -0.2) is 17.6 Å². The number of benzene rings is 2. The Bertz CT molecular complexity index is 810. The molecule has 0 atom stereocenters. The quantitative estimate of drug-likeness (QED) is 0.292. The predicted molar refractivity (Wildman–Crippen MR) is 90.6 cm³/mol. The Morgan fingerprint density at radius 3 is 2.15 bits per heavy atom. The summed E-state index contributed by atoms with van der Waals surface area (Å²) in [6, 6.07) is 5.00. The fourth-order valence-corrected chi connectivity index (χ4v) is 3.20. The molecule has 0 heterocycles. The Labute approximate surface area is 150 Å². The summed E-state index contributed by atoms with van der Waals surface area (Å²) in [6.45, 7) is 2.14. The maximum atomic E-state index is 14.3. The van der Waals surface area contributed by atoms with E-state index in [1.165, 1.54) is 12.1 Å². The van der Waals surface area contributed by atoms with Crippen LogP contribution in [-0.2, 0) is 4.79 Å². The summed E-state index contributed by atoms with van der Waals surface area (Å²) >= 11 is 0. The van der Waals surface area contributed by atoms with Gasteiger partial charge in [-0.3, -0.25) is 4.79 Å². The highest BCUT2D eigenvalue weighted by molar-refractivity contribution is 5.75. The van der Waals surface area contributed by atoms with Crippen molar-refractivity contribution in [2.75, 3.05) is 0 Å². The lowest BCUT2D eigenvalue weighted by Crippen LogP contribution is -2.25. The van der Waals surface area contributed by atoms with Gasteiger partial charge in [-0.15, -0.1) is 0 Å². The van der Waals surface area contributed by atoms with E-state index in [1.807, 2.05) is 0 Å². The van der Waals surface area contributed by atoms with Gasteiger partial charge in [0.2, 0.25) is 0 Å². The van der Waals surface area contributed by atoms with Crippen LogP contribution in [0.2, 0.25) is 0 Å². The molecule has 26 heavy (non-hydrogen) atoms. The van der Waals surface area contributed by atoms with Crippen LogP contribution < -0.4 is 4.74 Å². The third-order valence-electron chi connectivity index (χ3n) is 4.80. The molecule has 140 valence electrons. The molecule has 1 aliphatic rings. The Kier molecular flexibility index (Phi) is 5.30. The van der Waals surface area contributed by atoms with Crippen molar-refractivity contribution in [2.45, 2.75) is 32.6 Å². The van der Waals surface area contributed by atoms with E-state index < -0.39 is 29.2 Å². The van der Waals surface area contributed by atoms with Gasteiger partial charge in [0.25, 0.3) is 0 Å². The minimum absolute atomic E-state index is 0. The molecule has 0 aromatic heterocycles. The first kappa shape index (κ1) is 18.4. The molecule has 2 aromatic rings. The van der Waals surface area contributed by atoms with Gasteiger partial charge in [-0.1, -0.05) is 6.92 Å². The molecule has 2 nitrogen and oxygen atoms in total. The van der Waals surface area contributed by atoms with Gasteiger partial charge >= 0.3 is 5.97 Å². The molecule has 0 N–H and O–H groups in total. The number of hydrogen-bond donors (Lipinski definition) is 0. The average Bonchev–Trinajstić information content (AvgIpc) is 2.60. The number of hydrogen-bond acceptors (Lipinski definition) is 2. The molecule has 0 aliphatic heterocycles. The topological polar surface area (TPSA) is 26.3 Å². The van der Waals surface area contributed by atoms with Crippen LogP contribution in [0.1, 0.15) is 34.0 Å². The molecular formula is C20H20F4O2.